The van der Waals surface area contributed by atoms with E-state index in [1.807, 2.05) is 30.3 Å². The van der Waals surface area contributed by atoms with Crippen LogP contribution in [0.5, 0.6) is 0 Å². The number of Topliss-reactive ketones (excluding diaryl/α,β-unsaturated/α-hetero) is 1. The van der Waals surface area contributed by atoms with Gasteiger partial charge in [-0.3, -0.25) is 9.59 Å². The molecule has 27 heavy (non-hydrogen) atoms. The molecule has 0 unspecified atom stereocenters. The number of carbonyl (C=O) groups is 3. The minimum Gasteiger partial charge on any atom is -0.341 e. The van der Waals surface area contributed by atoms with Gasteiger partial charge in [0.05, 0.1) is 6.54 Å². The molecule has 2 aliphatic rings. The Morgan fingerprint density at radius 1 is 0.926 bits per heavy atom. The number of nitrogens with one attached hydrogen (secondary N) is 2. The van der Waals surface area contributed by atoms with E-state index in [0.29, 0.717) is 25.9 Å². The smallest absolute Gasteiger partial charge is 0.315 e. The Balaban J connectivity index is 1.38. The van der Waals surface area contributed by atoms with E-state index < -0.39 is 0 Å². The Morgan fingerprint density at radius 3 is 2.26 bits per heavy atom. The van der Waals surface area contributed by atoms with Gasteiger partial charge in [-0.1, -0.05) is 49.6 Å². The van der Waals surface area contributed by atoms with Crippen LogP contribution in [-0.2, 0) is 4.79 Å². The van der Waals surface area contributed by atoms with Crippen molar-refractivity contribution in [3.05, 3.63) is 35.9 Å². The van der Waals surface area contributed by atoms with E-state index in [1.54, 1.807) is 4.90 Å². The Labute approximate surface area is 160 Å². The predicted octanol–water partition coefficient (Wildman–Crippen LogP) is 2.74. The second-order valence-electron chi connectivity index (χ2n) is 7.55. The molecule has 0 radical (unpaired) electrons. The first kappa shape index (κ1) is 19.4. The molecule has 6 heteroatoms. The van der Waals surface area contributed by atoms with Crippen molar-refractivity contribution < 1.29 is 14.4 Å². The number of benzene rings is 1. The summed E-state index contributed by atoms with van der Waals surface area (Å²) >= 11 is 0. The van der Waals surface area contributed by atoms with Gasteiger partial charge < -0.3 is 15.5 Å². The first-order chi connectivity index (χ1) is 13.1. The third kappa shape index (κ3) is 5.55. The summed E-state index contributed by atoms with van der Waals surface area (Å²) in [5.41, 5.74) is 0.739. The number of amides is 3. The molecule has 1 saturated heterocycles. The minimum atomic E-state index is -0.260. The molecular formula is C21H29N3O3. The zero-order chi connectivity index (χ0) is 19.1. The highest BCUT2D eigenvalue weighted by Crippen LogP contribution is 2.22. The average molecular weight is 371 g/mol. The summed E-state index contributed by atoms with van der Waals surface area (Å²) in [6.07, 6.45) is 6.93. The lowest BCUT2D eigenvalue weighted by Crippen LogP contribution is -2.48. The fourth-order valence-electron chi connectivity index (χ4n) is 3.98. The molecule has 1 aliphatic heterocycles. The van der Waals surface area contributed by atoms with Crippen molar-refractivity contribution in [2.24, 2.45) is 5.92 Å². The molecule has 3 amide bonds. The van der Waals surface area contributed by atoms with Crippen molar-refractivity contribution in [2.45, 2.75) is 51.0 Å². The summed E-state index contributed by atoms with van der Waals surface area (Å²) in [4.78, 5) is 38.6. The Morgan fingerprint density at radius 2 is 1.59 bits per heavy atom. The molecule has 146 valence electrons. The highest BCUT2D eigenvalue weighted by Gasteiger charge is 2.28. The molecule has 1 aliphatic carbocycles. The summed E-state index contributed by atoms with van der Waals surface area (Å²) in [5, 5.41) is 5.63. The van der Waals surface area contributed by atoms with Crippen LogP contribution in [0.4, 0.5) is 4.79 Å². The van der Waals surface area contributed by atoms with Gasteiger partial charge in [-0.2, -0.15) is 0 Å². The number of nitrogens with zero attached hydrogens (tertiary/aromatic N) is 1. The first-order valence-electron chi connectivity index (χ1n) is 10.0. The van der Waals surface area contributed by atoms with E-state index in [4.69, 9.17) is 0 Å². The number of piperidine rings is 1. The van der Waals surface area contributed by atoms with Crippen LogP contribution in [-0.4, -0.2) is 48.3 Å². The second-order valence-corrected chi connectivity index (χ2v) is 7.55. The zero-order valence-corrected chi connectivity index (χ0v) is 15.8. The van der Waals surface area contributed by atoms with Gasteiger partial charge in [-0.25, -0.2) is 4.79 Å². The Bertz CT molecular complexity index is 648. The zero-order valence-electron chi connectivity index (χ0n) is 15.8. The topological polar surface area (TPSA) is 78.5 Å². The van der Waals surface area contributed by atoms with Crippen molar-refractivity contribution in [3.63, 3.8) is 0 Å². The van der Waals surface area contributed by atoms with Crippen LogP contribution in [0, 0.1) is 5.92 Å². The summed E-state index contributed by atoms with van der Waals surface area (Å²) in [5.74, 6) is 0.0473. The van der Waals surface area contributed by atoms with Gasteiger partial charge in [0.15, 0.2) is 5.78 Å². The van der Waals surface area contributed by atoms with E-state index in [9.17, 15) is 14.4 Å². The molecule has 2 N–H and O–H groups in total. The molecule has 0 spiro atoms. The van der Waals surface area contributed by atoms with Gasteiger partial charge in [0.25, 0.3) is 0 Å². The maximum absolute atomic E-state index is 12.5. The van der Waals surface area contributed by atoms with Crippen LogP contribution in [0.1, 0.15) is 55.3 Å². The number of hydrogen-bond acceptors (Lipinski definition) is 3. The van der Waals surface area contributed by atoms with Gasteiger partial charge in [0, 0.05) is 30.6 Å². The third-order valence-corrected chi connectivity index (χ3v) is 5.62. The Kier molecular flexibility index (Phi) is 6.85. The lowest BCUT2D eigenvalue weighted by Gasteiger charge is -2.31. The van der Waals surface area contributed by atoms with Gasteiger partial charge in [0.1, 0.15) is 0 Å². The largest absolute Gasteiger partial charge is 0.341 e. The molecule has 0 bridgehead atoms. The Hall–Kier alpha value is -2.37. The quantitative estimate of drug-likeness (QED) is 0.781. The average Bonchev–Trinajstić information content (AvgIpc) is 2.73. The number of likely N-dealkylation sites (tertiary alicyclic amines) is 1. The van der Waals surface area contributed by atoms with Crippen LogP contribution in [0.15, 0.2) is 30.3 Å². The summed E-state index contributed by atoms with van der Waals surface area (Å²) < 4.78 is 0. The molecule has 6 nitrogen and oxygen atoms in total. The molecule has 2 fully saturated rings. The van der Waals surface area contributed by atoms with Crippen molar-refractivity contribution >= 4 is 17.7 Å². The fourth-order valence-corrected chi connectivity index (χ4v) is 3.98. The number of hydrogen-bond donors (Lipinski definition) is 2. The first-order valence-corrected chi connectivity index (χ1v) is 10.0. The second kappa shape index (κ2) is 9.53. The van der Waals surface area contributed by atoms with Crippen LogP contribution >= 0.6 is 0 Å². The fraction of sp³-hybridized carbons (Fsp3) is 0.571. The van der Waals surface area contributed by atoms with E-state index in [2.05, 4.69) is 10.6 Å². The third-order valence-electron chi connectivity index (χ3n) is 5.62. The van der Waals surface area contributed by atoms with Gasteiger partial charge >= 0.3 is 6.03 Å². The maximum Gasteiger partial charge on any atom is 0.315 e. The summed E-state index contributed by atoms with van der Waals surface area (Å²) in [6, 6.07) is 9.29. The highest BCUT2D eigenvalue weighted by molar-refractivity contribution is 5.98. The van der Waals surface area contributed by atoms with Gasteiger partial charge in [-0.05, 0) is 25.7 Å². The van der Waals surface area contributed by atoms with Crippen LogP contribution in [0.25, 0.3) is 0 Å². The van der Waals surface area contributed by atoms with Gasteiger partial charge in [-0.15, -0.1) is 0 Å². The SMILES string of the molecule is O=C(NCC(=O)N1CCC(C(=O)c2ccccc2)CC1)NC1CCCCC1. The predicted molar refractivity (Wildman–Crippen MR) is 103 cm³/mol. The molecule has 1 saturated carbocycles. The normalized spacial score (nSPS) is 18.7. The number of urea groups is 1. The lowest BCUT2D eigenvalue weighted by atomic mass is 9.89. The number of ketones is 1. The molecule has 1 aromatic carbocycles. The minimum absolute atomic E-state index is 0.00977. The molecule has 0 aromatic heterocycles. The van der Waals surface area contributed by atoms with Gasteiger partial charge in [0.2, 0.25) is 5.91 Å². The summed E-state index contributed by atoms with van der Waals surface area (Å²) in [6.45, 7) is 1.14. The molecular weight excluding hydrogens is 342 g/mol. The number of carbonyl (C=O) groups excluding carboxylic acids is 3. The van der Waals surface area contributed by atoms with Crippen molar-refractivity contribution in [1.82, 2.24) is 15.5 Å². The van der Waals surface area contributed by atoms with Crippen LogP contribution in [0.2, 0.25) is 0 Å². The monoisotopic (exact) mass is 371 g/mol. The number of rotatable bonds is 5. The van der Waals surface area contributed by atoms with E-state index in [-0.39, 0.29) is 36.2 Å². The lowest BCUT2D eigenvalue weighted by molar-refractivity contribution is -0.131. The van der Waals surface area contributed by atoms with Crippen molar-refractivity contribution in [3.8, 4) is 0 Å². The van der Waals surface area contributed by atoms with E-state index >= 15 is 0 Å². The van der Waals surface area contributed by atoms with Crippen LogP contribution < -0.4 is 10.6 Å². The van der Waals surface area contributed by atoms with E-state index in [0.717, 1.165) is 31.2 Å². The highest BCUT2D eigenvalue weighted by atomic mass is 16.2. The van der Waals surface area contributed by atoms with Crippen LogP contribution in [0.3, 0.4) is 0 Å². The van der Waals surface area contributed by atoms with Crippen molar-refractivity contribution in [1.29, 1.82) is 0 Å². The van der Waals surface area contributed by atoms with Crippen molar-refractivity contribution in [2.75, 3.05) is 19.6 Å². The molecule has 1 aromatic rings. The standard InChI is InChI=1S/C21H29N3O3/c25-19(15-22-21(27)23-18-9-5-2-6-10-18)24-13-11-17(12-14-24)20(26)16-7-3-1-4-8-16/h1,3-4,7-8,17-18H,2,5-6,9-15H2,(H2,22,23,27). The maximum atomic E-state index is 12.5. The van der Waals surface area contributed by atoms with E-state index in [1.165, 1.54) is 6.42 Å². The molecule has 3 rings (SSSR count). The molecule has 0 atom stereocenters. The molecule has 1 heterocycles. The summed E-state index contributed by atoms with van der Waals surface area (Å²) in [7, 11) is 0.